The highest BCUT2D eigenvalue weighted by Gasteiger charge is 2.19. The van der Waals surface area contributed by atoms with Gasteiger partial charge in [-0.05, 0) is 55.9 Å². The minimum atomic E-state index is -0.789. The lowest BCUT2D eigenvalue weighted by Gasteiger charge is -2.26. The Morgan fingerprint density at radius 1 is 1.27 bits per heavy atom. The number of carboxylic acid groups (broad SMARTS) is 1. The van der Waals surface area contributed by atoms with Gasteiger partial charge in [-0.15, -0.1) is 11.3 Å². The van der Waals surface area contributed by atoms with Gasteiger partial charge in [0, 0.05) is 24.0 Å². The first kappa shape index (κ1) is 18.9. The molecular formula is C20H26N2O3S. The second-order valence-electron chi connectivity index (χ2n) is 6.97. The van der Waals surface area contributed by atoms with E-state index in [0.717, 1.165) is 40.8 Å². The number of benzene rings is 1. The van der Waals surface area contributed by atoms with E-state index in [9.17, 15) is 4.79 Å². The number of ether oxygens (including phenoxy) is 1. The highest BCUT2D eigenvalue weighted by atomic mass is 32.1. The lowest BCUT2D eigenvalue weighted by molar-refractivity contribution is -0.136. The summed E-state index contributed by atoms with van der Waals surface area (Å²) in [7, 11) is 0. The van der Waals surface area contributed by atoms with Crippen LogP contribution in [0.25, 0.3) is 11.3 Å². The first-order valence-corrected chi connectivity index (χ1v) is 10.1. The minimum absolute atomic E-state index is 0.125. The molecule has 2 aromatic rings. The van der Waals surface area contributed by atoms with E-state index >= 15 is 0 Å². The van der Waals surface area contributed by atoms with Gasteiger partial charge >= 0.3 is 5.97 Å². The molecule has 1 aliphatic rings. The molecule has 1 heterocycles. The third-order valence-corrected chi connectivity index (χ3v) is 5.61. The average molecular weight is 375 g/mol. The van der Waals surface area contributed by atoms with Crippen molar-refractivity contribution in [2.45, 2.75) is 51.7 Å². The van der Waals surface area contributed by atoms with Crippen LogP contribution >= 0.6 is 11.3 Å². The zero-order valence-electron chi connectivity index (χ0n) is 15.1. The Hall–Kier alpha value is -1.92. The lowest BCUT2D eigenvalue weighted by Crippen LogP contribution is -2.22. The highest BCUT2D eigenvalue weighted by molar-refractivity contribution is 7.09. The van der Waals surface area contributed by atoms with Crippen molar-refractivity contribution in [3.8, 4) is 17.0 Å². The van der Waals surface area contributed by atoms with Gasteiger partial charge in [0.25, 0.3) is 0 Å². The number of nitrogens with zero attached hydrogens (tertiary/aromatic N) is 1. The number of thiazole rings is 1. The van der Waals surface area contributed by atoms with Crippen molar-refractivity contribution in [1.82, 2.24) is 10.3 Å². The van der Waals surface area contributed by atoms with Crippen molar-refractivity contribution in [3.63, 3.8) is 0 Å². The summed E-state index contributed by atoms with van der Waals surface area (Å²) in [5.41, 5.74) is 2.02. The zero-order valence-corrected chi connectivity index (χ0v) is 15.9. The average Bonchev–Trinajstić information content (AvgIpc) is 3.10. The first-order chi connectivity index (χ1) is 12.6. The SMILES string of the molecule is C[C@H]1CC[C@H](Oc2ccc(-c3csc(CNCCC(=O)O)n3)cc2)CC1. The largest absolute Gasteiger partial charge is 0.490 e. The Morgan fingerprint density at radius 2 is 2.00 bits per heavy atom. The van der Waals surface area contributed by atoms with Crippen LogP contribution in [0.2, 0.25) is 0 Å². The molecule has 6 heteroatoms. The summed E-state index contributed by atoms with van der Waals surface area (Å²) >= 11 is 1.58. The molecular weight excluding hydrogens is 348 g/mol. The van der Waals surface area contributed by atoms with E-state index in [1.165, 1.54) is 12.8 Å². The monoisotopic (exact) mass is 374 g/mol. The van der Waals surface area contributed by atoms with Crippen molar-refractivity contribution in [1.29, 1.82) is 0 Å². The van der Waals surface area contributed by atoms with E-state index in [4.69, 9.17) is 9.84 Å². The molecule has 1 aliphatic carbocycles. The predicted molar refractivity (Wildman–Crippen MR) is 104 cm³/mol. The fraction of sp³-hybridized carbons (Fsp3) is 0.500. The van der Waals surface area contributed by atoms with Gasteiger partial charge in [-0.2, -0.15) is 0 Å². The maximum atomic E-state index is 10.5. The molecule has 1 aromatic heterocycles. The van der Waals surface area contributed by atoms with E-state index in [0.29, 0.717) is 19.2 Å². The molecule has 3 rings (SSSR count). The molecule has 0 radical (unpaired) electrons. The van der Waals surface area contributed by atoms with Crippen LogP contribution in [-0.4, -0.2) is 28.7 Å². The van der Waals surface area contributed by atoms with Crippen LogP contribution < -0.4 is 10.1 Å². The van der Waals surface area contributed by atoms with Crippen molar-refractivity contribution in [3.05, 3.63) is 34.7 Å². The molecule has 26 heavy (non-hydrogen) atoms. The number of aliphatic carboxylic acids is 1. The molecule has 140 valence electrons. The second kappa shape index (κ2) is 9.14. The van der Waals surface area contributed by atoms with Gasteiger partial charge in [-0.3, -0.25) is 4.79 Å². The van der Waals surface area contributed by atoms with Gasteiger partial charge in [0.1, 0.15) is 10.8 Å². The van der Waals surface area contributed by atoms with E-state index in [1.54, 1.807) is 11.3 Å². The Balaban J connectivity index is 1.51. The smallest absolute Gasteiger partial charge is 0.304 e. The fourth-order valence-electron chi connectivity index (χ4n) is 3.16. The Kier molecular flexibility index (Phi) is 6.63. The van der Waals surface area contributed by atoms with E-state index in [2.05, 4.69) is 29.4 Å². The third kappa shape index (κ3) is 5.54. The number of hydrogen-bond donors (Lipinski definition) is 2. The first-order valence-electron chi connectivity index (χ1n) is 9.24. The Morgan fingerprint density at radius 3 is 2.69 bits per heavy atom. The summed E-state index contributed by atoms with van der Waals surface area (Å²) in [6, 6.07) is 8.16. The van der Waals surface area contributed by atoms with Crippen LogP contribution in [-0.2, 0) is 11.3 Å². The molecule has 1 saturated carbocycles. The maximum Gasteiger partial charge on any atom is 0.304 e. The van der Waals surface area contributed by atoms with Crippen LogP contribution in [0.1, 0.15) is 44.0 Å². The van der Waals surface area contributed by atoms with Crippen LogP contribution in [0.3, 0.4) is 0 Å². The number of aromatic nitrogens is 1. The van der Waals surface area contributed by atoms with Crippen molar-refractivity contribution in [2.75, 3.05) is 6.54 Å². The number of carbonyl (C=O) groups is 1. The standard InChI is InChI=1S/C20H26N2O3S/c1-14-2-6-16(7-3-14)25-17-8-4-15(5-9-17)18-13-26-19(22-18)12-21-11-10-20(23)24/h4-5,8-9,13-14,16,21H,2-3,6-7,10-12H2,1H3,(H,23,24)/t14-,16-. The summed E-state index contributed by atoms with van der Waals surface area (Å²) < 4.78 is 6.11. The maximum absolute atomic E-state index is 10.5. The second-order valence-corrected chi connectivity index (χ2v) is 7.91. The van der Waals surface area contributed by atoms with E-state index in [-0.39, 0.29) is 6.42 Å². The van der Waals surface area contributed by atoms with Crippen molar-refractivity contribution < 1.29 is 14.6 Å². The van der Waals surface area contributed by atoms with Gasteiger partial charge in [0.2, 0.25) is 0 Å². The minimum Gasteiger partial charge on any atom is -0.490 e. The molecule has 0 bridgehead atoms. The van der Waals surface area contributed by atoms with Gasteiger partial charge in [0.05, 0.1) is 18.2 Å². The summed E-state index contributed by atoms with van der Waals surface area (Å²) in [6.45, 7) is 3.37. The Bertz CT molecular complexity index is 706. The molecule has 5 nitrogen and oxygen atoms in total. The van der Waals surface area contributed by atoms with Crippen LogP contribution in [0.5, 0.6) is 5.75 Å². The van der Waals surface area contributed by atoms with Gasteiger partial charge in [-0.25, -0.2) is 4.98 Å². The highest BCUT2D eigenvalue weighted by Crippen LogP contribution is 2.29. The molecule has 0 atom stereocenters. The molecule has 1 aromatic carbocycles. The summed E-state index contributed by atoms with van der Waals surface area (Å²) in [4.78, 5) is 15.1. The Labute approximate surface area is 158 Å². The molecule has 0 saturated heterocycles. The van der Waals surface area contributed by atoms with Crippen LogP contribution in [0.4, 0.5) is 0 Å². The van der Waals surface area contributed by atoms with E-state index < -0.39 is 5.97 Å². The molecule has 0 spiro atoms. The summed E-state index contributed by atoms with van der Waals surface area (Å²) in [5, 5.41) is 14.7. The lowest BCUT2D eigenvalue weighted by atomic mass is 9.89. The number of carboxylic acids is 1. The van der Waals surface area contributed by atoms with Gasteiger partial charge < -0.3 is 15.2 Å². The van der Waals surface area contributed by atoms with Crippen molar-refractivity contribution >= 4 is 17.3 Å². The molecule has 0 aliphatic heterocycles. The quantitative estimate of drug-likeness (QED) is 0.673. The summed E-state index contributed by atoms with van der Waals surface area (Å²) in [5.74, 6) is 0.969. The summed E-state index contributed by atoms with van der Waals surface area (Å²) in [6.07, 6.45) is 5.27. The molecule has 0 amide bonds. The number of nitrogens with one attached hydrogen (secondary N) is 1. The van der Waals surface area contributed by atoms with Gasteiger partial charge in [0.15, 0.2) is 0 Å². The van der Waals surface area contributed by atoms with Gasteiger partial charge in [-0.1, -0.05) is 6.92 Å². The van der Waals surface area contributed by atoms with Crippen molar-refractivity contribution in [2.24, 2.45) is 5.92 Å². The fourth-order valence-corrected chi connectivity index (χ4v) is 3.93. The predicted octanol–water partition coefficient (Wildman–Crippen LogP) is 4.33. The third-order valence-electron chi connectivity index (χ3n) is 4.76. The van der Waals surface area contributed by atoms with Crippen LogP contribution in [0, 0.1) is 5.92 Å². The molecule has 2 N–H and O–H groups in total. The van der Waals surface area contributed by atoms with E-state index in [1.807, 2.05) is 17.5 Å². The normalized spacial score (nSPS) is 20.0. The molecule has 0 unspecified atom stereocenters. The number of hydrogen-bond acceptors (Lipinski definition) is 5. The molecule has 1 fully saturated rings. The number of rotatable bonds is 8. The van der Waals surface area contributed by atoms with Crippen LogP contribution in [0.15, 0.2) is 29.6 Å². The topological polar surface area (TPSA) is 71.5 Å². The zero-order chi connectivity index (χ0) is 18.4.